The van der Waals surface area contributed by atoms with Crippen LogP contribution >= 0.6 is 0 Å². The molecule has 4 heteroatoms. The van der Waals surface area contributed by atoms with E-state index in [1.165, 1.54) is 0 Å². The Balaban J connectivity index is 1.85. The highest BCUT2D eigenvalue weighted by Crippen LogP contribution is 2.29. The topological polar surface area (TPSA) is 38.8 Å². The predicted molar refractivity (Wildman–Crippen MR) is 126 cm³/mol. The van der Waals surface area contributed by atoms with Crippen molar-refractivity contribution in [2.75, 3.05) is 26.2 Å². The molecule has 0 saturated carbocycles. The summed E-state index contributed by atoms with van der Waals surface area (Å²) in [6.45, 7) is 7.61. The number of allylic oxidation sites excluding steroid dienone is 1. The standard InChI is InChI=1S/C27H29NO3/c1-3-28(4-2)19-20-30-24-17-11-12-18-25(24)31-26(21-22-13-7-5-8-14-22)27(29)23-15-9-6-10-16-23/h5-18,21H,3-4,19-20H2,1-2H3. The Hall–Kier alpha value is -3.37. The van der Waals surface area contributed by atoms with Crippen molar-refractivity contribution in [1.82, 2.24) is 4.90 Å². The molecular weight excluding hydrogens is 386 g/mol. The summed E-state index contributed by atoms with van der Waals surface area (Å²) in [6.07, 6.45) is 1.77. The molecule has 3 rings (SSSR count). The van der Waals surface area contributed by atoms with Gasteiger partial charge in [0, 0.05) is 12.1 Å². The Morgan fingerprint density at radius 2 is 1.39 bits per heavy atom. The van der Waals surface area contributed by atoms with E-state index in [0.717, 1.165) is 25.2 Å². The first-order valence-corrected chi connectivity index (χ1v) is 10.7. The number of ether oxygens (including phenoxy) is 2. The van der Waals surface area contributed by atoms with Crippen LogP contribution in [0.3, 0.4) is 0 Å². The van der Waals surface area contributed by atoms with Crippen molar-refractivity contribution in [3.63, 3.8) is 0 Å². The number of carbonyl (C=O) groups is 1. The summed E-state index contributed by atoms with van der Waals surface area (Å²) in [5, 5.41) is 0. The summed E-state index contributed by atoms with van der Waals surface area (Å²) in [7, 11) is 0. The molecule has 0 radical (unpaired) electrons. The molecule has 0 atom stereocenters. The lowest BCUT2D eigenvalue weighted by molar-refractivity contribution is 0.0987. The van der Waals surface area contributed by atoms with Gasteiger partial charge in [0.2, 0.25) is 5.78 Å². The van der Waals surface area contributed by atoms with Gasteiger partial charge in [-0.25, -0.2) is 0 Å². The Kier molecular flexibility index (Phi) is 8.44. The Morgan fingerprint density at radius 3 is 2.03 bits per heavy atom. The predicted octanol–water partition coefficient (Wildman–Crippen LogP) is 5.71. The molecule has 0 N–H and O–H groups in total. The molecule has 0 bridgehead atoms. The van der Waals surface area contributed by atoms with E-state index >= 15 is 0 Å². The van der Waals surface area contributed by atoms with Crippen LogP contribution in [0.25, 0.3) is 6.08 Å². The molecule has 0 saturated heterocycles. The molecular formula is C27H29NO3. The average Bonchev–Trinajstić information content (AvgIpc) is 2.83. The third-order valence-electron chi connectivity index (χ3n) is 4.99. The van der Waals surface area contributed by atoms with Crippen LogP contribution in [0.2, 0.25) is 0 Å². The number of hydrogen-bond donors (Lipinski definition) is 0. The quantitative estimate of drug-likeness (QED) is 0.228. The number of hydrogen-bond acceptors (Lipinski definition) is 4. The van der Waals surface area contributed by atoms with Crippen molar-refractivity contribution >= 4 is 11.9 Å². The van der Waals surface area contributed by atoms with Crippen LogP contribution in [0.1, 0.15) is 29.8 Å². The van der Waals surface area contributed by atoms with E-state index in [0.29, 0.717) is 23.7 Å². The molecule has 3 aromatic rings. The molecule has 0 spiro atoms. The Labute approximate surface area is 184 Å². The molecule has 0 unspecified atom stereocenters. The maximum Gasteiger partial charge on any atom is 0.228 e. The lowest BCUT2D eigenvalue weighted by Crippen LogP contribution is -2.28. The molecule has 0 aliphatic carbocycles. The van der Waals surface area contributed by atoms with Crippen LogP contribution < -0.4 is 9.47 Å². The number of benzene rings is 3. The molecule has 160 valence electrons. The number of Topliss-reactive ketones (excluding diaryl/α,β-unsaturated/α-hetero) is 1. The van der Waals surface area contributed by atoms with Crippen LogP contribution in [-0.2, 0) is 0 Å². The van der Waals surface area contributed by atoms with E-state index in [1.54, 1.807) is 18.2 Å². The summed E-state index contributed by atoms with van der Waals surface area (Å²) in [5.41, 5.74) is 1.46. The maximum absolute atomic E-state index is 13.2. The van der Waals surface area contributed by atoms with Gasteiger partial charge in [0.1, 0.15) is 6.61 Å². The summed E-state index contributed by atoms with van der Waals surface area (Å²) < 4.78 is 12.2. The molecule has 4 nitrogen and oxygen atoms in total. The first-order valence-electron chi connectivity index (χ1n) is 10.7. The lowest BCUT2D eigenvalue weighted by atomic mass is 10.1. The van der Waals surface area contributed by atoms with Crippen LogP contribution in [0, 0.1) is 0 Å². The molecule has 0 aliphatic heterocycles. The first kappa shape index (κ1) is 22.3. The van der Waals surface area contributed by atoms with Gasteiger partial charge in [0.25, 0.3) is 0 Å². The molecule has 3 aromatic carbocycles. The lowest BCUT2D eigenvalue weighted by Gasteiger charge is -2.19. The summed E-state index contributed by atoms with van der Waals surface area (Å²) >= 11 is 0. The fourth-order valence-corrected chi connectivity index (χ4v) is 3.17. The van der Waals surface area contributed by atoms with Gasteiger partial charge in [0.15, 0.2) is 17.3 Å². The first-order chi connectivity index (χ1) is 15.2. The highest BCUT2D eigenvalue weighted by molar-refractivity contribution is 6.10. The summed E-state index contributed by atoms with van der Waals surface area (Å²) in [4.78, 5) is 15.5. The van der Waals surface area contributed by atoms with E-state index < -0.39 is 0 Å². The van der Waals surface area contributed by atoms with Gasteiger partial charge in [-0.2, -0.15) is 0 Å². The fourth-order valence-electron chi connectivity index (χ4n) is 3.17. The Bertz CT molecular complexity index is 980. The van der Waals surface area contributed by atoms with Gasteiger partial charge in [-0.05, 0) is 36.9 Å². The molecule has 0 aromatic heterocycles. The van der Waals surface area contributed by atoms with Gasteiger partial charge < -0.3 is 14.4 Å². The van der Waals surface area contributed by atoms with Crippen molar-refractivity contribution < 1.29 is 14.3 Å². The summed E-state index contributed by atoms with van der Waals surface area (Å²) in [5.74, 6) is 1.21. The number of nitrogens with zero attached hydrogens (tertiary/aromatic N) is 1. The van der Waals surface area contributed by atoms with E-state index in [1.807, 2.05) is 72.8 Å². The average molecular weight is 416 g/mol. The highest BCUT2D eigenvalue weighted by Gasteiger charge is 2.17. The van der Waals surface area contributed by atoms with Crippen molar-refractivity contribution in [1.29, 1.82) is 0 Å². The minimum atomic E-state index is -0.178. The largest absolute Gasteiger partial charge is 0.488 e. The van der Waals surface area contributed by atoms with E-state index in [-0.39, 0.29) is 11.5 Å². The van der Waals surface area contributed by atoms with Crippen LogP contribution in [0.5, 0.6) is 11.5 Å². The minimum Gasteiger partial charge on any atom is -0.488 e. The normalized spacial score (nSPS) is 11.4. The van der Waals surface area contributed by atoms with E-state index in [9.17, 15) is 4.79 Å². The second kappa shape index (κ2) is 11.7. The van der Waals surface area contributed by atoms with Gasteiger partial charge in [-0.15, -0.1) is 0 Å². The van der Waals surface area contributed by atoms with E-state index in [4.69, 9.17) is 9.47 Å². The molecule has 0 amide bonds. The third kappa shape index (κ3) is 6.56. The smallest absolute Gasteiger partial charge is 0.228 e. The number of rotatable bonds is 11. The zero-order chi connectivity index (χ0) is 21.9. The number of carbonyl (C=O) groups excluding carboxylic acids is 1. The number of para-hydroxylation sites is 2. The van der Waals surface area contributed by atoms with E-state index in [2.05, 4.69) is 18.7 Å². The monoisotopic (exact) mass is 415 g/mol. The van der Waals surface area contributed by atoms with Gasteiger partial charge in [0.05, 0.1) is 0 Å². The van der Waals surface area contributed by atoms with Crippen LogP contribution in [0.4, 0.5) is 0 Å². The van der Waals surface area contributed by atoms with Gasteiger partial charge in [-0.1, -0.05) is 86.6 Å². The fraction of sp³-hybridized carbons (Fsp3) is 0.222. The SMILES string of the molecule is CCN(CC)CCOc1ccccc1OC(=Cc1ccccc1)C(=O)c1ccccc1. The Morgan fingerprint density at radius 1 is 0.806 bits per heavy atom. The zero-order valence-electron chi connectivity index (χ0n) is 18.2. The second-order valence-electron chi connectivity index (χ2n) is 7.04. The summed E-state index contributed by atoms with van der Waals surface area (Å²) in [6, 6.07) is 26.3. The highest BCUT2D eigenvalue weighted by atomic mass is 16.5. The van der Waals surface area contributed by atoms with Crippen molar-refractivity contribution in [3.05, 3.63) is 102 Å². The molecule has 0 heterocycles. The number of ketones is 1. The van der Waals surface area contributed by atoms with Gasteiger partial charge in [-0.3, -0.25) is 4.79 Å². The van der Waals surface area contributed by atoms with Crippen molar-refractivity contribution in [3.8, 4) is 11.5 Å². The molecule has 0 fully saturated rings. The third-order valence-corrected chi connectivity index (χ3v) is 4.99. The minimum absolute atomic E-state index is 0.178. The van der Waals surface area contributed by atoms with Crippen molar-refractivity contribution in [2.45, 2.75) is 13.8 Å². The second-order valence-corrected chi connectivity index (χ2v) is 7.04. The van der Waals surface area contributed by atoms with Crippen LogP contribution in [-0.4, -0.2) is 36.9 Å². The zero-order valence-corrected chi connectivity index (χ0v) is 18.2. The van der Waals surface area contributed by atoms with Crippen molar-refractivity contribution in [2.24, 2.45) is 0 Å². The molecule has 31 heavy (non-hydrogen) atoms. The maximum atomic E-state index is 13.2. The van der Waals surface area contributed by atoms with Crippen LogP contribution in [0.15, 0.2) is 90.7 Å². The van der Waals surface area contributed by atoms with Gasteiger partial charge >= 0.3 is 0 Å². The number of likely N-dealkylation sites (N-methyl/N-ethyl adjacent to an activating group) is 1. The molecule has 0 aliphatic rings.